The van der Waals surface area contributed by atoms with Crippen molar-refractivity contribution in [3.63, 3.8) is 0 Å². The van der Waals surface area contributed by atoms with Crippen molar-refractivity contribution in [2.75, 3.05) is 40.5 Å². The Kier molecular flexibility index (Phi) is 35.9. The zero-order valence-electron chi connectivity index (χ0n) is 38.1. The van der Waals surface area contributed by atoms with Crippen LogP contribution in [0.25, 0.3) is 0 Å². The molecule has 0 spiro atoms. The van der Waals surface area contributed by atoms with Gasteiger partial charge in [0, 0.05) is 38.1 Å². The molecule has 0 aromatic rings. The number of carbonyl (C=O) groups is 2. The summed E-state index contributed by atoms with van der Waals surface area (Å²) in [6.45, 7) is 9.81. The molecule has 56 heavy (non-hydrogen) atoms. The minimum atomic E-state index is -0.510. The number of esters is 2. The Morgan fingerprint density at radius 3 is 1.41 bits per heavy atom. The van der Waals surface area contributed by atoms with Crippen molar-refractivity contribution in [1.82, 2.24) is 4.90 Å². The van der Waals surface area contributed by atoms with Crippen LogP contribution in [0.4, 0.5) is 0 Å². The predicted octanol–water partition coefficient (Wildman–Crippen LogP) is 14.1. The number of hydrogen-bond acceptors (Lipinski definition) is 7. The van der Waals surface area contributed by atoms with Crippen LogP contribution < -0.4 is 0 Å². The largest absolute Gasteiger partial charge is 0.466 e. The maximum absolute atomic E-state index is 12.9. The van der Waals surface area contributed by atoms with Gasteiger partial charge in [-0.1, -0.05) is 162 Å². The number of carbonyl (C=O) groups excluding carboxylic acids is 2. The molecule has 1 heterocycles. The van der Waals surface area contributed by atoms with E-state index in [1.165, 1.54) is 122 Å². The first-order valence-corrected chi connectivity index (χ1v) is 24.6. The lowest BCUT2D eigenvalue weighted by molar-refractivity contribution is -0.290. The van der Waals surface area contributed by atoms with Crippen molar-refractivity contribution in [1.29, 1.82) is 0 Å². The molecule has 1 aliphatic rings. The molecule has 0 aliphatic carbocycles. The van der Waals surface area contributed by atoms with Gasteiger partial charge >= 0.3 is 11.9 Å². The van der Waals surface area contributed by atoms with E-state index in [0.29, 0.717) is 25.4 Å². The number of rotatable bonds is 41. The highest BCUT2D eigenvalue weighted by molar-refractivity contribution is 5.69. The highest BCUT2D eigenvalue weighted by Crippen LogP contribution is 2.33. The van der Waals surface area contributed by atoms with Crippen LogP contribution in [-0.4, -0.2) is 69.2 Å². The number of unbranched alkanes of at least 4 members (excludes halogenated alkanes) is 24. The fourth-order valence-corrected chi connectivity index (χ4v) is 8.18. The molecule has 1 fully saturated rings. The van der Waals surface area contributed by atoms with E-state index < -0.39 is 5.79 Å². The molecule has 0 unspecified atom stereocenters. The number of ether oxygens (including phenoxy) is 4. The smallest absolute Gasteiger partial charge is 0.306 e. The first kappa shape index (κ1) is 52.8. The van der Waals surface area contributed by atoms with Gasteiger partial charge in [0.1, 0.15) is 6.10 Å². The van der Waals surface area contributed by atoms with Crippen molar-refractivity contribution >= 4 is 11.9 Å². The molecular formula is C49H95NO6. The molecule has 7 heteroatoms. The second-order valence-corrected chi connectivity index (χ2v) is 17.8. The molecule has 1 saturated heterocycles. The molecular weight excluding hydrogens is 699 g/mol. The monoisotopic (exact) mass is 794 g/mol. The fourth-order valence-electron chi connectivity index (χ4n) is 8.18. The summed E-state index contributed by atoms with van der Waals surface area (Å²) in [5.74, 6) is -0.154. The molecule has 332 valence electrons. The summed E-state index contributed by atoms with van der Waals surface area (Å²) >= 11 is 0. The van der Waals surface area contributed by atoms with Gasteiger partial charge in [-0.3, -0.25) is 9.59 Å². The van der Waals surface area contributed by atoms with E-state index in [4.69, 9.17) is 18.9 Å². The van der Waals surface area contributed by atoms with Crippen LogP contribution in [0.1, 0.15) is 245 Å². The Bertz CT molecular complexity index is 857. The molecule has 1 aliphatic heterocycles. The zero-order valence-corrected chi connectivity index (χ0v) is 38.1. The SMILES string of the molecule is CCCCCCCCCCCOC(=O)CCCCCC1(CCCCCCCC(=O)OC(CCCCCCCC)CCCCCCCC)OCC(CN(C)C)CO1. The average molecular weight is 794 g/mol. The van der Waals surface area contributed by atoms with Crippen LogP contribution in [-0.2, 0) is 28.5 Å². The molecule has 0 aromatic heterocycles. The molecule has 7 nitrogen and oxygen atoms in total. The Morgan fingerprint density at radius 1 is 0.536 bits per heavy atom. The average Bonchev–Trinajstić information content (AvgIpc) is 3.18. The maximum Gasteiger partial charge on any atom is 0.306 e. The second kappa shape index (κ2) is 38.0. The van der Waals surface area contributed by atoms with Crippen molar-refractivity contribution in [3.05, 3.63) is 0 Å². The zero-order chi connectivity index (χ0) is 40.8. The van der Waals surface area contributed by atoms with Gasteiger partial charge in [0.05, 0.1) is 19.8 Å². The third-order valence-corrected chi connectivity index (χ3v) is 11.7. The highest BCUT2D eigenvalue weighted by Gasteiger charge is 2.36. The van der Waals surface area contributed by atoms with Crippen molar-refractivity contribution < 1.29 is 28.5 Å². The van der Waals surface area contributed by atoms with Crippen molar-refractivity contribution in [3.8, 4) is 0 Å². The Labute approximate surface area is 348 Å². The van der Waals surface area contributed by atoms with Gasteiger partial charge in [-0.15, -0.1) is 0 Å². The van der Waals surface area contributed by atoms with E-state index in [1.54, 1.807) is 0 Å². The van der Waals surface area contributed by atoms with E-state index >= 15 is 0 Å². The summed E-state index contributed by atoms with van der Waals surface area (Å²) in [5, 5.41) is 0. The first-order chi connectivity index (χ1) is 27.3. The summed E-state index contributed by atoms with van der Waals surface area (Å²) in [4.78, 5) is 27.4. The van der Waals surface area contributed by atoms with E-state index in [-0.39, 0.29) is 18.0 Å². The summed E-state index contributed by atoms with van der Waals surface area (Å²) in [6, 6.07) is 0. The summed E-state index contributed by atoms with van der Waals surface area (Å²) in [7, 11) is 4.21. The summed E-state index contributed by atoms with van der Waals surface area (Å²) < 4.78 is 24.6. The molecule has 1 rings (SSSR count). The van der Waals surface area contributed by atoms with Crippen molar-refractivity contribution in [2.24, 2.45) is 5.92 Å². The molecule has 0 saturated carbocycles. The lowest BCUT2D eigenvalue weighted by Crippen LogP contribution is -2.46. The second-order valence-electron chi connectivity index (χ2n) is 17.8. The van der Waals surface area contributed by atoms with Gasteiger partial charge < -0.3 is 23.8 Å². The molecule has 0 radical (unpaired) electrons. The molecule has 0 amide bonds. The van der Waals surface area contributed by atoms with Crippen LogP contribution >= 0.6 is 0 Å². The quantitative estimate of drug-likeness (QED) is 0.0451. The van der Waals surface area contributed by atoms with Gasteiger partial charge in [-0.05, 0) is 71.9 Å². The van der Waals surface area contributed by atoms with Gasteiger partial charge in [0.25, 0.3) is 0 Å². The van der Waals surface area contributed by atoms with E-state index in [0.717, 1.165) is 110 Å². The standard InChI is InChI=1S/C49H95NO6/c1-6-9-12-15-18-19-20-26-34-41-53-47(51)37-31-27-33-40-49(54-43-45(44-55-49)42-50(4)5)39-32-25-21-24-30-38-48(52)56-46(35-28-22-16-13-10-7-2)36-29-23-17-14-11-8-3/h45-46H,6-44H2,1-5H3. The summed E-state index contributed by atoms with van der Waals surface area (Å²) in [6.07, 6.45) is 39.9. The first-order valence-electron chi connectivity index (χ1n) is 24.6. The molecule has 0 bridgehead atoms. The van der Waals surface area contributed by atoms with E-state index in [9.17, 15) is 9.59 Å². The topological polar surface area (TPSA) is 74.3 Å². The van der Waals surface area contributed by atoms with Crippen LogP contribution in [0.3, 0.4) is 0 Å². The lowest BCUT2D eigenvalue weighted by atomic mass is 9.97. The van der Waals surface area contributed by atoms with Gasteiger partial charge in [0.15, 0.2) is 5.79 Å². The lowest BCUT2D eigenvalue weighted by Gasteiger charge is -2.41. The molecule has 0 N–H and O–H groups in total. The number of hydrogen-bond donors (Lipinski definition) is 0. The minimum Gasteiger partial charge on any atom is -0.466 e. The van der Waals surface area contributed by atoms with Crippen LogP contribution in [0, 0.1) is 5.92 Å². The van der Waals surface area contributed by atoms with Gasteiger partial charge in [-0.2, -0.15) is 0 Å². The van der Waals surface area contributed by atoms with Crippen LogP contribution in [0.2, 0.25) is 0 Å². The van der Waals surface area contributed by atoms with E-state index in [2.05, 4.69) is 39.8 Å². The van der Waals surface area contributed by atoms with E-state index in [1.807, 2.05) is 0 Å². The van der Waals surface area contributed by atoms with Gasteiger partial charge in [0.2, 0.25) is 0 Å². The van der Waals surface area contributed by atoms with Crippen LogP contribution in [0.15, 0.2) is 0 Å². The molecule has 0 atom stereocenters. The fraction of sp³-hybridized carbons (Fsp3) is 0.959. The third kappa shape index (κ3) is 31.8. The predicted molar refractivity (Wildman–Crippen MR) is 236 cm³/mol. The summed E-state index contributed by atoms with van der Waals surface area (Å²) in [5.41, 5.74) is 0. The van der Waals surface area contributed by atoms with Crippen LogP contribution in [0.5, 0.6) is 0 Å². The Morgan fingerprint density at radius 2 is 0.929 bits per heavy atom. The number of nitrogens with zero attached hydrogens (tertiary/aromatic N) is 1. The van der Waals surface area contributed by atoms with Gasteiger partial charge in [-0.25, -0.2) is 0 Å². The minimum absolute atomic E-state index is 0.00858. The maximum atomic E-state index is 12.9. The normalized spacial score (nSPS) is 17.2. The highest BCUT2D eigenvalue weighted by atomic mass is 16.7. The molecule has 0 aromatic carbocycles. The Hall–Kier alpha value is -1.18. The third-order valence-electron chi connectivity index (χ3n) is 11.7. The van der Waals surface area contributed by atoms with Crippen molar-refractivity contribution in [2.45, 2.75) is 257 Å². The Balaban J connectivity index is 2.33.